The summed E-state index contributed by atoms with van der Waals surface area (Å²) >= 11 is 5.24. The van der Waals surface area contributed by atoms with E-state index in [0.717, 1.165) is 12.8 Å². The minimum Gasteiger partial charge on any atom is -0.487 e. The number of benzene rings is 1. The van der Waals surface area contributed by atoms with Gasteiger partial charge in [-0.25, -0.2) is 0 Å². The lowest BCUT2D eigenvalue weighted by atomic mass is 10.0. The average Bonchev–Trinajstić information content (AvgIpc) is 2.59. The summed E-state index contributed by atoms with van der Waals surface area (Å²) in [6, 6.07) is 4.49. The molecule has 0 saturated heterocycles. The molecule has 0 aliphatic carbocycles. The zero-order valence-electron chi connectivity index (χ0n) is 14.3. The van der Waals surface area contributed by atoms with Gasteiger partial charge in [-0.2, -0.15) is 0 Å². The van der Waals surface area contributed by atoms with E-state index in [2.05, 4.69) is 13.8 Å². The Morgan fingerprint density at radius 1 is 1.42 bits per heavy atom. The molecule has 24 heavy (non-hydrogen) atoms. The number of hydrogen-bond acceptors (Lipinski definition) is 5. The van der Waals surface area contributed by atoms with E-state index in [1.54, 1.807) is 12.1 Å². The summed E-state index contributed by atoms with van der Waals surface area (Å²) < 4.78 is 5.66. The minimum atomic E-state index is -0.468. The van der Waals surface area contributed by atoms with Crippen molar-refractivity contribution in [3.63, 3.8) is 0 Å². The number of unbranched alkanes of at least 4 members (excludes halogenated alkanes) is 1. The minimum absolute atomic E-state index is 0.0446. The Kier molecular flexibility index (Phi) is 9.15. The molecule has 1 aromatic carbocycles. The van der Waals surface area contributed by atoms with E-state index in [1.807, 2.05) is 0 Å². The van der Waals surface area contributed by atoms with Gasteiger partial charge in [0.25, 0.3) is 5.69 Å². The van der Waals surface area contributed by atoms with E-state index in [-0.39, 0.29) is 5.69 Å². The maximum atomic E-state index is 11.1. The Morgan fingerprint density at radius 2 is 2.17 bits per heavy atom. The first-order chi connectivity index (χ1) is 11.5. The molecule has 0 bridgehead atoms. The fourth-order valence-electron chi connectivity index (χ4n) is 2.45. The van der Waals surface area contributed by atoms with Crippen molar-refractivity contribution in [3.8, 4) is 0 Å². The number of nitrogens with zero attached hydrogens (tertiary/aromatic N) is 1. The first-order valence-electron chi connectivity index (χ1n) is 8.39. The van der Waals surface area contributed by atoms with Crippen LogP contribution in [0.25, 0.3) is 0 Å². The predicted octanol–water partition coefficient (Wildman–Crippen LogP) is 4.90. The molecular formula is C18H25NO4S. The Labute approximate surface area is 148 Å². The third-order valence-corrected chi connectivity index (χ3v) is 4.39. The van der Waals surface area contributed by atoms with Gasteiger partial charge in [-0.3, -0.25) is 14.9 Å². The molecule has 0 radical (unpaired) electrons. The lowest BCUT2D eigenvalue weighted by molar-refractivity contribution is -0.385. The Hall–Kier alpha value is -1.82. The quantitative estimate of drug-likeness (QED) is 0.245. The van der Waals surface area contributed by atoms with Crippen LogP contribution >= 0.6 is 12.2 Å². The van der Waals surface area contributed by atoms with Crippen molar-refractivity contribution in [2.75, 3.05) is 6.61 Å². The third kappa shape index (κ3) is 6.74. The normalized spacial score (nSPS) is 11.8. The fourth-order valence-corrected chi connectivity index (χ4v) is 2.62. The number of rotatable bonds is 11. The highest BCUT2D eigenvalue weighted by Crippen LogP contribution is 2.22. The molecular weight excluding hydrogens is 326 g/mol. The molecule has 0 aliphatic heterocycles. The summed E-state index contributed by atoms with van der Waals surface area (Å²) in [5.41, 5.74) is 0.817. The van der Waals surface area contributed by atoms with Crippen molar-refractivity contribution in [1.29, 1.82) is 0 Å². The monoisotopic (exact) mass is 351 g/mol. The van der Waals surface area contributed by atoms with Gasteiger partial charge in [0.2, 0.25) is 0 Å². The van der Waals surface area contributed by atoms with Crippen LogP contribution in [0.1, 0.15) is 61.9 Å². The van der Waals surface area contributed by atoms with Crippen LogP contribution in [0.15, 0.2) is 18.2 Å². The molecule has 6 heteroatoms. The van der Waals surface area contributed by atoms with E-state index in [9.17, 15) is 14.9 Å². The van der Waals surface area contributed by atoms with Gasteiger partial charge in [0.15, 0.2) is 5.05 Å². The molecule has 0 saturated carbocycles. The summed E-state index contributed by atoms with van der Waals surface area (Å²) in [6.45, 7) is 4.92. The maximum absolute atomic E-state index is 11.1. The molecule has 0 aromatic heterocycles. The molecule has 1 rings (SSSR count). The molecule has 1 atom stereocenters. The highest BCUT2D eigenvalue weighted by molar-refractivity contribution is 7.80. The van der Waals surface area contributed by atoms with E-state index in [4.69, 9.17) is 17.0 Å². The number of carbonyl (C=O) groups is 1. The van der Waals surface area contributed by atoms with Crippen molar-refractivity contribution in [2.24, 2.45) is 5.92 Å². The van der Waals surface area contributed by atoms with Crippen LogP contribution in [-0.4, -0.2) is 22.9 Å². The molecule has 0 spiro atoms. The molecule has 0 fully saturated rings. The van der Waals surface area contributed by atoms with Crippen LogP contribution in [-0.2, 0) is 11.2 Å². The second kappa shape index (κ2) is 10.9. The van der Waals surface area contributed by atoms with Gasteiger partial charge in [0.05, 0.1) is 11.5 Å². The topological polar surface area (TPSA) is 69.4 Å². The second-order valence-corrected chi connectivity index (χ2v) is 6.32. The molecule has 0 N–H and O–H groups in total. The number of ether oxygens (including phenoxy) is 1. The van der Waals surface area contributed by atoms with Gasteiger partial charge in [0, 0.05) is 23.6 Å². The van der Waals surface area contributed by atoms with Gasteiger partial charge < -0.3 is 4.74 Å². The third-order valence-electron chi connectivity index (χ3n) is 4.06. The van der Waals surface area contributed by atoms with Crippen LogP contribution in [0.2, 0.25) is 0 Å². The molecule has 132 valence electrons. The summed E-state index contributed by atoms with van der Waals surface area (Å²) in [7, 11) is 0. The number of carbonyl (C=O) groups excluding carboxylic acids is 1. The van der Waals surface area contributed by atoms with Crippen LogP contribution in [0, 0.1) is 16.0 Å². The fraction of sp³-hybridized carbons (Fsp3) is 0.556. The number of nitro groups is 1. The van der Waals surface area contributed by atoms with Gasteiger partial charge in [-0.1, -0.05) is 45.2 Å². The number of nitro benzene ring substituents is 1. The SMILES string of the molecule is CCCCC(CC)COC(=S)CCc1ccc(C=O)cc1[N+](=O)[O-]. The van der Waals surface area contributed by atoms with E-state index >= 15 is 0 Å². The van der Waals surface area contributed by atoms with Gasteiger partial charge in [-0.15, -0.1) is 0 Å². The second-order valence-electron chi connectivity index (χ2n) is 5.86. The lowest BCUT2D eigenvalue weighted by Gasteiger charge is -2.16. The standard InChI is InChI=1S/C18H25NO4S/c1-3-5-6-14(4-2)13-23-18(24)10-9-16-8-7-15(12-20)11-17(16)19(21)22/h7-8,11-12,14H,3-6,9-10,13H2,1-2H3. The molecule has 0 aliphatic rings. The lowest BCUT2D eigenvalue weighted by Crippen LogP contribution is -2.13. The summed E-state index contributed by atoms with van der Waals surface area (Å²) in [4.78, 5) is 21.4. The van der Waals surface area contributed by atoms with E-state index < -0.39 is 4.92 Å². The predicted molar refractivity (Wildman–Crippen MR) is 98.7 cm³/mol. The Balaban J connectivity index is 2.55. The molecule has 1 unspecified atom stereocenters. The number of aryl methyl sites for hydroxylation is 1. The largest absolute Gasteiger partial charge is 0.487 e. The molecule has 0 amide bonds. The van der Waals surface area contributed by atoms with Gasteiger partial charge >= 0.3 is 0 Å². The van der Waals surface area contributed by atoms with Gasteiger partial charge in [0.1, 0.15) is 6.29 Å². The summed E-state index contributed by atoms with van der Waals surface area (Å²) in [5, 5.41) is 11.6. The highest BCUT2D eigenvalue weighted by Gasteiger charge is 2.15. The number of aldehydes is 1. The van der Waals surface area contributed by atoms with Crippen LogP contribution < -0.4 is 0 Å². The summed E-state index contributed by atoms with van der Waals surface area (Å²) in [6.07, 6.45) is 6.04. The van der Waals surface area contributed by atoms with E-state index in [1.165, 1.54) is 18.9 Å². The number of hydrogen-bond donors (Lipinski definition) is 0. The highest BCUT2D eigenvalue weighted by atomic mass is 32.1. The first-order valence-corrected chi connectivity index (χ1v) is 8.80. The molecule has 1 aromatic rings. The van der Waals surface area contributed by atoms with Crippen molar-refractivity contribution >= 4 is 29.2 Å². The average molecular weight is 351 g/mol. The van der Waals surface area contributed by atoms with Crippen molar-refractivity contribution < 1.29 is 14.5 Å². The first kappa shape index (κ1) is 20.2. The van der Waals surface area contributed by atoms with Crippen LogP contribution in [0.5, 0.6) is 0 Å². The zero-order chi connectivity index (χ0) is 17.9. The smallest absolute Gasteiger partial charge is 0.273 e. The van der Waals surface area contributed by atoms with Gasteiger partial charge in [-0.05, 0) is 31.0 Å². The Morgan fingerprint density at radius 3 is 2.75 bits per heavy atom. The maximum Gasteiger partial charge on any atom is 0.273 e. The van der Waals surface area contributed by atoms with Crippen LogP contribution in [0.4, 0.5) is 5.69 Å². The zero-order valence-corrected chi connectivity index (χ0v) is 15.1. The molecule has 0 heterocycles. The van der Waals surface area contributed by atoms with Crippen LogP contribution in [0.3, 0.4) is 0 Å². The van der Waals surface area contributed by atoms with E-state index in [0.29, 0.717) is 47.8 Å². The van der Waals surface area contributed by atoms with Crippen molar-refractivity contribution in [2.45, 2.75) is 52.4 Å². The Bertz CT molecular complexity index is 574. The number of thiocarbonyl (C=S) groups is 1. The molecule has 5 nitrogen and oxygen atoms in total. The summed E-state index contributed by atoms with van der Waals surface area (Å²) in [5.74, 6) is 0.504. The van der Waals surface area contributed by atoms with Crippen molar-refractivity contribution in [1.82, 2.24) is 0 Å². The van der Waals surface area contributed by atoms with Crippen molar-refractivity contribution in [3.05, 3.63) is 39.4 Å².